The van der Waals surface area contributed by atoms with E-state index < -0.39 is 51.7 Å². The second kappa shape index (κ2) is 4.76. The van der Waals surface area contributed by atoms with Crippen LogP contribution in [0.4, 0.5) is 13.2 Å². The molecule has 0 aliphatic carbocycles. The molecule has 0 bridgehead atoms. The van der Waals surface area contributed by atoms with Gasteiger partial charge < -0.3 is 25.5 Å². The first-order chi connectivity index (χ1) is 10.0. The number of phenols is 3. The van der Waals surface area contributed by atoms with Gasteiger partial charge >= 0.3 is 11.7 Å². The Morgan fingerprint density at radius 3 is 1.86 bits per heavy atom. The van der Waals surface area contributed by atoms with Gasteiger partial charge in [-0.3, -0.25) is 9.36 Å². The van der Waals surface area contributed by atoms with Crippen molar-refractivity contribution in [1.82, 2.24) is 4.57 Å². The molecule has 1 aromatic heterocycles. The van der Waals surface area contributed by atoms with Gasteiger partial charge in [-0.15, -0.1) is 0 Å². The SMILES string of the molecule is O=c1c(O)c(O)c(C(F)(F)F)cn1-c1c(O)cc(O)cc1O. The molecule has 0 amide bonds. The van der Waals surface area contributed by atoms with E-state index in [9.17, 15) is 38.4 Å². The fourth-order valence-corrected chi connectivity index (χ4v) is 1.80. The summed E-state index contributed by atoms with van der Waals surface area (Å²) in [4.78, 5) is 11.8. The average Bonchev–Trinajstić information content (AvgIpc) is 2.36. The van der Waals surface area contributed by atoms with Crippen LogP contribution < -0.4 is 5.56 Å². The van der Waals surface area contributed by atoms with Crippen molar-refractivity contribution in [2.75, 3.05) is 0 Å². The van der Waals surface area contributed by atoms with Crippen LogP contribution in [0.2, 0.25) is 0 Å². The van der Waals surface area contributed by atoms with Crippen LogP contribution in [-0.2, 0) is 6.18 Å². The van der Waals surface area contributed by atoms with Gasteiger partial charge in [0.15, 0.2) is 5.75 Å². The minimum absolute atomic E-state index is 0.0992. The molecule has 22 heavy (non-hydrogen) atoms. The lowest BCUT2D eigenvalue weighted by atomic mass is 10.2. The Balaban J connectivity index is 2.89. The van der Waals surface area contributed by atoms with E-state index in [1.165, 1.54) is 0 Å². The Kier molecular flexibility index (Phi) is 3.32. The maximum absolute atomic E-state index is 12.8. The zero-order chi connectivity index (χ0) is 16.8. The molecular formula is C12H8F3NO6. The van der Waals surface area contributed by atoms with Crippen molar-refractivity contribution < 1.29 is 38.7 Å². The second-order valence-corrected chi connectivity index (χ2v) is 4.25. The summed E-state index contributed by atoms with van der Waals surface area (Å²) in [7, 11) is 0. The average molecular weight is 319 g/mol. The molecule has 7 nitrogen and oxygen atoms in total. The van der Waals surface area contributed by atoms with Crippen LogP contribution in [0.3, 0.4) is 0 Å². The van der Waals surface area contributed by atoms with Crippen molar-refractivity contribution in [1.29, 1.82) is 0 Å². The molecule has 0 spiro atoms. The number of aromatic hydroxyl groups is 5. The fourth-order valence-electron chi connectivity index (χ4n) is 1.80. The van der Waals surface area contributed by atoms with E-state index in [4.69, 9.17) is 5.11 Å². The Morgan fingerprint density at radius 2 is 1.41 bits per heavy atom. The van der Waals surface area contributed by atoms with Crippen LogP contribution in [0.15, 0.2) is 23.1 Å². The van der Waals surface area contributed by atoms with E-state index in [1.54, 1.807) is 0 Å². The van der Waals surface area contributed by atoms with E-state index in [0.717, 1.165) is 0 Å². The lowest BCUT2D eigenvalue weighted by Gasteiger charge is -2.15. The summed E-state index contributed by atoms with van der Waals surface area (Å²) >= 11 is 0. The molecule has 10 heteroatoms. The van der Waals surface area contributed by atoms with Crippen molar-refractivity contribution >= 4 is 0 Å². The Hall–Kier alpha value is -3.04. The molecule has 2 rings (SSSR count). The molecule has 1 aromatic carbocycles. The largest absolute Gasteiger partial charge is 0.508 e. The number of rotatable bonds is 1. The van der Waals surface area contributed by atoms with Crippen LogP contribution in [0.5, 0.6) is 28.7 Å². The maximum Gasteiger partial charge on any atom is 0.421 e. The van der Waals surface area contributed by atoms with Gasteiger partial charge in [0.1, 0.15) is 28.5 Å². The van der Waals surface area contributed by atoms with Crippen molar-refractivity contribution in [2.24, 2.45) is 0 Å². The Bertz CT molecular complexity index is 789. The number of phenolic OH excluding ortho intramolecular Hbond substituents is 3. The molecule has 5 N–H and O–H groups in total. The van der Waals surface area contributed by atoms with Crippen molar-refractivity contribution in [3.63, 3.8) is 0 Å². The van der Waals surface area contributed by atoms with E-state index in [1.807, 2.05) is 0 Å². The van der Waals surface area contributed by atoms with Gasteiger partial charge in [0.25, 0.3) is 0 Å². The summed E-state index contributed by atoms with van der Waals surface area (Å²) in [6.45, 7) is 0. The molecule has 118 valence electrons. The molecule has 0 radical (unpaired) electrons. The summed E-state index contributed by atoms with van der Waals surface area (Å²) in [6, 6.07) is 1.33. The zero-order valence-corrected chi connectivity index (χ0v) is 10.5. The number of halogens is 3. The van der Waals surface area contributed by atoms with Crippen molar-refractivity contribution in [3.05, 3.63) is 34.2 Å². The lowest BCUT2D eigenvalue weighted by molar-refractivity contribution is -0.139. The smallest absolute Gasteiger partial charge is 0.421 e. The van der Waals surface area contributed by atoms with E-state index >= 15 is 0 Å². The predicted molar refractivity (Wildman–Crippen MR) is 65.4 cm³/mol. The number of aromatic nitrogens is 1. The topological polar surface area (TPSA) is 123 Å². The minimum Gasteiger partial charge on any atom is -0.508 e. The van der Waals surface area contributed by atoms with Crippen LogP contribution in [0.25, 0.3) is 5.69 Å². The predicted octanol–water partition coefficient (Wildman–Crippen LogP) is 1.38. The molecular weight excluding hydrogens is 311 g/mol. The fraction of sp³-hybridized carbons (Fsp3) is 0.0833. The summed E-state index contributed by atoms with van der Waals surface area (Å²) in [5, 5.41) is 46.9. The van der Waals surface area contributed by atoms with Gasteiger partial charge in [-0.1, -0.05) is 0 Å². The number of pyridine rings is 1. The molecule has 2 aromatic rings. The third-order valence-corrected chi connectivity index (χ3v) is 2.76. The van der Waals surface area contributed by atoms with Gasteiger partial charge in [0, 0.05) is 18.3 Å². The van der Waals surface area contributed by atoms with Crippen LogP contribution in [-0.4, -0.2) is 30.1 Å². The molecule has 0 aliphatic heterocycles. The highest BCUT2D eigenvalue weighted by Gasteiger charge is 2.37. The molecule has 1 heterocycles. The van der Waals surface area contributed by atoms with E-state index in [0.29, 0.717) is 12.1 Å². The monoisotopic (exact) mass is 319 g/mol. The van der Waals surface area contributed by atoms with Gasteiger partial charge in [-0.2, -0.15) is 13.2 Å². The molecule has 0 unspecified atom stereocenters. The minimum atomic E-state index is -5.11. The highest BCUT2D eigenvalue weighted by molar-refractivity contribution is 5.60. The zero-order valence-electron chi connectivity index (χ0n) is 10.5. The number of alkyl halides is 3. The van der Waals surface area contributed by atoms with Gasteiger partial charge in [0.05, 0.1) is 0 Å². The van der Waals surface area contributed by atoms with E-state index in [-0.39, 0.29) is 10.8 Å². The summed E-state index contributed by atoms with van der Waals surface area (Å²) < 4.78 is 38.4. The van der Waals surface area contributed by atoms with Crippen molar-refractivity contribution in [2.45, 2.75) is 6.18 Å². The third-order valence-electron chi connectivity index (χ3n) is 2.76. The second-order valence-electron chi connectivity index (χ2n) is 4.25. The number of nitrogens with zero attached hydrogens (tertiary/aromatic N) is 1. The van der Waals surface area contributed by atoms with Gasteiger partial charge in [-0.25, -0.2) is 0 Å². The van der Waals surface area contributed by atoms with Crippen LogP contribution >= 0.6 is 0 Å². The van der Waals surface area contributed by atoms with Gasteiger partial charge in [0.2, 0.25) is 5.75 Å². The third kappa shape index (κ3) is 2.34. The number of hydrogen-bond donors (Lipinski definition) is 5. The van der Waals surface area contributed by atoms with Gasteiger partial charge in [-0.05, 0) is 0 Å². The maximum atomic E-state index is 12.8. The Morgan fingerprint density at radius 1 is 0.909 bits per heavy atom. The van der Waals surface area contributed by atoms with Crippen molar-refractivity contribution in [3.8, 4) is 34.4 Å². The highest BCUT2D eigenvalue weighted by atomic mass is 19.4. The van der Waals surface area contributed by atoms with Crippen LogP contribution in [0, 0.1) is 0 Å². The first-order valence-electron chi connectivity index (χ1n) is 5.54. The number of hydrogen-bond acceptors (Lipinski definition) is 6. The number of benzene rings is 1. The summed E-state index contributed by atoms with van der Waals surface area (Å²) in [5.74, 6) is -5.73. The Labute approximate surface area is 119 Å². The molecule has 0 fully saturated rings. The van der Waals surface area contributed by atoms with Crippen LogP contribution in [0.1, 0.15) is 5.56 Å². The molecule has 0 saturated heterocycles. The summed E-state index contributed by atoms with van der Waals surface area (Å²) in [6.07, 6.45) is -5.01. The first-order valence-corrected chi connectivity index (χ1v) is 5.54. The standard InChI is InChI=1S/C12H8F3NO6/c13-12(14,15)5-3-16(11(22)10(21)9(5)20)8-6(18)1-4(17)2-7(8)19/h1-3,17-21H. The summed E-state index contributed by atoms with van der Waals surface area (Å²) in [5.41, 5.74) is -4.07. The quantitative estimate of drug-likeness (QED) is 0.541. The highest BCUT2D eigenvalue weighted by Crippen LogP contribution is 2.41. The van der Waals surface area contributed by atoms with E-state index in [2.05, 4.69) is 0 Å². The lowest BCUT2D eigenvalue weighted by Crippen LogP contribution is -2.21. The normalized spacial score (nSPS) is 11.6. The first kappa shape index (κ1) is 15.4. The molecule has 0 aliphatic rings. The molecule has 0 atom stereocenters. The molecule has 0 saturated carbocycles.